The number of anilines is 1. The first-order chi connectivity index (χ1) is 12.2. The van der Waals surface area contributed by atoms with Crippen molar-refractivity contribution in [2.24, 2.45) is 5.92 Å². The number of hydrogen-bond acceptors (Lipinski definition) is 5. The van der Waals surface area contributed by atoms with E-state index in [-0.39, 0.29) is 11.6 Å². The maximum absolute atomic E-state index is 13.1. The zero-order valence-electron chi connectivity index (χ0n) is 14.1. The summed E-state index contributed by atoms with van der Waals surface area (Å²) in [5, 5.41) is 3.87. The van der Waals surface area contributed by atoms with E-state index in [1.54, 1.807) is 0 Å². The van der Waals surface area contributed by atoms with Crippen molar-refractivity contribution in [1.29, 1.82) is 0 Å². The molecule has 130 valence electrons. The van der Waals surface area contributed by atoms with Gasteiger partial charge in [-0.15, -0.1) is 0 Å². The lowest BCUT2D eigenvalue weighted by atomic mass is 9.88. The Balaban J connectivity index is 1.70. The van der Waals surface area contributed by atoms with Gasteiger partial charge in [-0.2, -0.15) is 0 Å². The van der Waals surface area contributed by atoms with E-state index < -0.39 is 0 Å². The average Bonchev–Trinajstić information content (AvgIpc) is 3.13. The molecular weight excluding hydrogens is 350 g/mol. The van der Waals surface area contributed by atoms with Gasteiger partial charge in [0, 0.05) is 17.8 Å². The molecule has 2 heterocycles. The molecule has 25 heavy (non-hydrogen) atoms. The minimum atomic E-state index is -0.120. The molecule has 0 spiro atoms. The van der Waals surface area contributed by atoms with Crippen LogP contribution in [0.3, 0.4) is 0 Å². The van der Waals surface area contributed by atoms with Crippen molar-refractivity contribution >= 4 is 40.8 Å². The second-order valence-electron chi connectivity index (χ2n) is 6.82. The van der Waals surface area contributed by atoms with E-state index >= 15 is 0 Å². The molecule has 1 aromatic carbocycles. The highest BCUT2D eigenvalue weighted by molar-refractivity contribution is 8.27. The highest BCUT2D eigenvalue weighted by atomic mass is 32.2. The van der Waals surface area contributed by atoms with Crippen LogP contribution in [0, 0.1) is 5.92 Å². The maximum Gasteiger partial charge on any atom is 0.200 e. The Morgan fingerprint density at radius 1 is 1.00 bits per heavy atom. The van der Waals surface area contributed by atoms with Gasteiger partial charge in [-0.25, -0.2) is 0 Å². The van der Waals surface area contributed by atoms with E-state index in [0.717, 1.165) is 16.5 Å². The summed E-state index contributed by atoms with van der Waals surface area (Å²) in [6, 6.07) is 7.70. The molecule has 0 amide bonds. The molecule has 0 aromatic heterocycles. The van der Waals surface area contributed by atoms with Crippen LogP contribution in [-0.4, -0.2) is 24.7 Å². The minimum absolute atomic E-state index is 0.0456. The number of hydrogen-bond donors (Lipinski definition) is 0. The number of para-hydroxylation sites is 1. The van der Waals surface area contributed by atoms with Gasteiger partial charge >= 0.3 is 0 Å². The van der Waals surface area contributed by atoms with Crippen molar-refractivity contribution in [1.82, 2.24) is 0 Å². The van der Waals surface area contributed by atoms with E-state index in [4.69, 9.17) is 0 Å². The van der Waals surface area contributed by atoms with Gasteiger partial charge in [-0.3, -0.25) is 9.59 Å². The van der Waals surface area contributed by atoms with E-state index in [1.807, 2.05) is 35.1 Å². The van der Waals surface area contributed by atoms with E-state index in [0.29, 0.717) is 23.6 Å². The summed E-state index contributed by atoms with van der Waals surface area (Å²) >= 11 is 2.96. The first kappa shape index (κ1) is 17.0. The van der Waals surface area contributed by atoms with Gasteiger partial charge in [0.1, 0.15) is 0 Å². The van der Waals surface area contributed by atoms with Crippen LogP contribution < -0.4 is 4.90 Å². The van der Waals surface area contributed by atoms with Crippen molar-refractivity contribution in [3.8, 4) is 0 Å². The highest BCUT2D eigenvalue weighted by Crippen LogP contribution is 2.42. The predicted octanol–water partition coefficient (Wildman–Crippen LogP) is 5.00. The largest absolute Gasteiger partial charge is 0.363 e. The minimum Gasteiger partial charge on any atom is -0.363 e. The normalized spacial score (nSPS) is 21.7. The third-order valence-electron chi connectivity index (χ3n) is 5.14. The topological polar surface area (TPSA) is 37.4 Å². The Morgan fingerprint density at radius 3 is 2.48 bits per heavy atom. The standard InChI is InChI=1S/C20H21NO2S2/c22-17-13-21(12-14-6-2-1-3-7-14)16-9-5-4-8-15(16)19(23)18(17)20-24-10-11-25-20/h4-5,8-11,14H,1-3,6-7,12-13H2. The number of fused-ring (bicyclic) bond motifs is 1. The summed E-state index contributed by atoms with van der Waals surface area (Å²) in [6.45, 7) is 1.18. The molecule has 2 aliphatic heterocycles. The molecule has 3 nitrogen and oxygen atoms in total. The summed E-state index contributed by atoms with van der Waals surface area (Å²) in [4.78, 5) is 28.2. The average molecular weight is 372 g/mol. The van der Waals surface area contributed by atoms with Crippen molar-refractivity contribution < 1.29 is 9.59 Å². The zero-order chi connectivity index (χ0) is 17.2. The Morgan fingerprint density at radius 2 is 1.72 bits per heavy atom. The van der Waals surface area contributed by atoms with Crippen LogP contribution in [0.2, 0.25) is 0 Å². The van der Waals surface area contributed by atoms with Crippen LogP contribution in [0.1, 0.15) is 42.5 Å². The lowest BCUT2D eigenvalue weighted by molar-refractivity contribution is -0.114. The molecule has 0 bridgehead atoms. The van der Waals surface area contributed by atoms with Crippen LogP contribution in [0.5, 0.6) is 0 Å². The molecule has 1 fully saturated rings. The molecule has 0 atom stereocenters. The van der Waals surface area contributed by atoms with Crippen molar-refractivity contribution in [3.05, 3.63) is 50.5 Å². The fraction of sp³-hybridized carbons (Fsp3) is 0.400. The maximum atomic E-state index is 13.1. The quantitative estimate of drug-likeness (QED) is 0.540. The van der Waals surface area contributed by atoms with Crippen molar-refractivity contribution in [2.75, 3.05) is 18.0 Å². The van der Waals surface area contributed by atoms with Gasteiger partial charge in [0.05, 0.1) is 16.4 Å². The number of carbonyl (C=O) groups excluding carboxylic acids is 2. The van der Waals surface area contributed by atoms with Crippen LogP contribution in [0.15, 0.2) is 44.9 Å². The van der Waals surface area contributed by atoms with Crippen LogP contribution in [0.25, 0.3) is 0 Å². The molecule has 0 unspecified atom stereocenters. The van der Waals surface area contributed by atoms with E-state index in [1.165, 1.54) is 55.6 Å². The summed E-state index contributed by atoms with van der Waals surface area (Å²) in [5.74, 6) is 0.456. The number of thioether (sulfide) groups is 2. The highest BCUT2D eigenvalue weighted by Gasteiger charge is 2.33. The van der Waals surface area contributed by atoms with E-state index in [2.05, 4.69) is 4.90 Å². The van der Waals surface area contributed by atoms with Crippen LogP contribution in [-0.2, 0) is 4.79 Å². The second kappa shape index (κ2) is 7.42. The fourth-order valence-corrected chi connectivity index (χ4v) is 5.81. The number of rotatable bonds is 2. The Kier molecular flexibility index (Phi) is 5.04. The Bertz CT molecular complexity index is 753. The lowest BCUT2D eigenvalue weighted by Crippen LogP contribution is -2.34. The fourth-order valence-electron chi connectivity index (χ4n) is 3.92. The number of ketones is 2. The summed E-state index contributed by atoms with van der Waals surface area (Å²) in [5.41, 5.74) is 1.96. The van der Waals surface area contributed by atoms with Gasteiger partial charge in [0.15, 0.2) is 11.6 Å². The SMILES string of the molecule is O=C1CN(CC2CCCCC2)c2ccccc2C(=O)C1=C1SC=CS1. The predicted molar refractivity (Wildman–Crippen MR) is 106 cm³/mol. The van der Waals surface area contributed by atoms with Gasteiger partial charge in [0.25, 0.3) is 0 Å². The molecule has 0 N–H and O–H groups in total. The van der Waals surface area contributed by atoms with Crippen LogP contribution in [0.4, 0.5) is 5.69 Å². The van der Waals surface area contributed by atoms with Gasteiger partial charge in [-0.1, -0.05) is 54.9 Å². The molecule has 4 rings (SSSR count). The molecule has 0 saturated heterocycles. The third-order valence-corrected chi connectivity index (χ3v) is 7.27. The van der Waals surface area contributed by atoms with Gasteiger partial charge < -0.3 is 4.90 Å². The van der Waals surface area contributed by atoms with Crippen molar-refractivity contribution in [3.63, 3.8) is 0 Å². The first-order valence-electron chi connectivity index (χ1n) is 8.88. The molecule has 1 saturated carbocycles. The number of benzene rings is 1. The van der Waals surface area contributed by atoms with Gasteiger partial charge in [-0.05, 0) is 41.7 Å². The summed E-state index contributed by atoms with van der Waals surface area (Å²) in [6.07, 6.45) is 6.33. The van der Waals surface area contributed by atoms with Crippen molar-refractivity contribution in [2.45, 2.75) is 32.1 Å². The lowest BCUT2D eigenvalue weighted by Gasteiger charge is -2.30. The number of Topliss-reactive ketones (excluding diaryl/α,β-unsaturated/α-hetero) is 2. The smallest absolute Gasteiger partial charge is 0.200 e. The second-order valence-corrected chi connectivity index (χ2v) is 8.91. The summed E-state index contributed by atoms with van der Waals surface area (Å²) in [7, 11) is 0. The molecule has 1 aliphatic carbocycles. The van der Waals surface area contributed by atoms with Gasteiger partial charge in [0.2, 0.25) is 0 Å². The molecular formula is C20H21NO2S2. The number of carbonyl (C=O) groups is 2. The Labute approximate surface area is 156 Å². The summed E-state index contributed by atoms with van der Waals surface area (Å²) < 4.78 is 0.823. The Hall–Kier alpha value is -1.46. The van der Waals surface area contributed by atoms with Crippen LogP contribution >= 0.6 is 23.5 Å². The molecule has 0 radical (unpaired) electrons. The number of nitrogens with zero attached hydrogens (tertiary/aromatic N) is 1. The molecule has 5 heteroatoms. The molecule has 3 aliphatic rings. The first-order valence-corrected chi connectivity index (χ1v) is 10.6. The van der Waals surface area contributed by atoms with E-state index in [9.17, 15) is 9.59 Å². The molecule has 1 aromatic rings. The zero-order valence-corrected chi connectivity index (χ0v) is 15.7. The monoisotopic (exact) mass is 371 g/mol. The third kappa shape index (κ3) is 3.44.